The Balaban J connectivity index is 1.49. The number of hydrogen-bond donors (Lipinski definition) is 2. The van der Waals surface area contributed by atoms with E-state index in [1.165, 1.54) is 0 Å². The number of aromatic amines is 1. The highest BCUT2D eigenvalue weighted by Crippen LogP contribution is 2.35. The molecule has 168 valence electrons. The second-order valence-electron chi connectivity index (χ2n) is 8.92. The van der Waals surface area contributed by atoms with Gasteiger partial charge in [0.1, 0.15) is 17.2 Å². The van der Waals surface area contributed by atoms with E-state index >= 15 is 0 Å². The number of nitrogens with one attached hydrogen (secondary N) is 1. The maximum Gasteiger partial charge on any atom is 0.274 e. The topological polar surface area (TPSA) is 104 Å². The molecule has 2 aliphatic rings. The molecule has 4 heterocycles. The number of aryl methyl sites for hydroxylation is 1. The third kappa shape index (κ3) is 3.13. The van der Waals surface area contributed by atoms with E-state index in [0.717, 1.165) is 46.8 Å². The van der Waals surface area contributed by atoms with E-state index in [4.69, 9.17) is 0 Å². The zero-order chi connectivity index (χ0) is 22.9. The number of hydrogen-bond acceptors (Lipinski definition) is 5. The normalized spacial score (nSPS) is 20.2. The van der Waals surface area contributed by atoms with Gasteiger partial charge in [-0.3, -0.25) is 18.9 Å². The lowest BCUT2D eigenvalue weighted by molar-refractivity contribution is 0.0988. The molecule has 6 rings (SSSR count). The average Bonchev–Trinajstić information content (AvgIpc) is 3.51. The smallest absolute Gasteiger partial charge is 0.274 e. The van der Waals surface area contributed by atoms with Crippen LogP contribution in [0.3, 0.4) is 0 Å². The van der Waals surface area contributed by atoms with Gasteiger partial charge in [-0.2, -0.15) is 0 Å². The Morgan fingerprint density at radius 1 is 1.18 bits per heavy atom. The van der Waals surface area contributed by atoms with Gasteiger partial charge in [0.25, 0.3) is 11.5 Å². The second kappa shape index (κ2) is 7.50. The molecular weight excluding hydrogens is 486 g/mol. The number of aliphatic hydroxyl groups excluding tert-OH is 1. The van der Waals surface area contributed by atoms with Crippen LogP contribution in [-0.2, 0) is 6.42 Å². The Hall–Kier alpha value is -3.04. The molecule has 0 saturated heterocycles. The summed E-state index contributed by atoms with van der Waals surface area (Å²) < 4.78 is 2.74. The zero-order valence-electron chi connectivity index (χ0n) is 18.0. The summed E-state index contributed by atoms with van der Waals surface area (Å²) in [6, 6.07) is 5.67. The monoisotopic (exact) mass is 507 g/mol. The SMILES string of the molecule is Cc1cc2c(cc1C(=O)N1CCc3cc(Br)cnc31)[nH]c(=O)c1cnc([C@@H]3CCC[C@@H]3O)n12. The van der Waals surface area contributed by atoms with E-state index in [0.29, 0.717) is 34.8 Å². The molecule has 0 bridgehead atoms. The van der Waals surface area contributed by atoms with E-state index in [9.17, 15) is 14.7 Å². The van der Waals surface area contributed by atoms with Gasteiger partial charge in [-0.05, 0) is 71.4 Å². The first kappa shape index (κ1) is 20.6. The second-order valence-corrected chi connectivity index (χ2v) is 9.84. The molecule has 9 heteroatoms. The summed E-state index contributed by atoms with van der Waals surface area (Å²) in [5.41, 5.74) is 3.87. The molecule has 0 spiro atoms. The van der Waals surface area contributed by atoms with Crippen molar-refractivity contribution < 1.29 is 9.90 Å². The summed E-state index contributed by atoms with van der Waals surface area (Å²) in [5, 5.41) is 10.5. The number of rotatable bonds is 2. The van der Waals surface area contributed by atoms with Crippen molar-refractivity contribution in [2.75, 3.05) is 11.4 Å². The number of aliphatic hydroxyl groups is 1. The molecule has 3 aromatic heterocycles. The molecule has 0 unspecified atom stereocenters. The summed E-state index contributed by atoms with van der Waals surface area (Å²) in [4.78, 5) is 39.9. The van der Waals surface area contributed by atoms with Crippen molar-refractivity contribution in [2.24, 2.45) is 0 Å². The highest BCUT2D eigenvalue weighted by atomic mass is 79.9. The van der Waals surface area contributed by atoms with Crippen LogP contribution in [0.1, 0.15) is 52.5 Å². The van der Waals surface area contributed by atoms with E-state index < -0.39 is 6.10 Å². The molecule has 1 fully saturated rings. The van der Waals surface area contributed by atoms with Crippen LogP contribution in [0.25, 0.3) is 16.6 Å². The lowest BCUT2D eigenvalue weighted by Gasteiger charge is -2.19. The van der Waals surface area contributed by atoms with Crippen molar-refractivity contribution in [1.82, 2.24) is 19.4 Å². The third-order valence-corrected chi connectivity index (χ3v) is 7.34. The summed E-state index contributed by atoms with van der Waals surface area (Å²) >= 11 is 3.44. The molecule has 1 aliphatic heterocycles. The number of amides is 1. The molecule has 4 aromatic rings. The quantitative estimate of drug-likeness (QED) is 0.432. The van der Waals surface area contributed by atoms with Crippen LogP contribution >= 0.6 is 15.9 Å². The fourth-order valence-electron chi connectivity index (χ4n) is 5.26. The van der Waals surface area contributed by atoms with Crippen LogP contribution in [0.5, 0.6) is 0 Å². The standard InChI is InChI=1S/C24H22BrN5O3/c1-12-7-18-17(9-16(12)24(33)29-6-5-13-8-14(25)10-26-21(13)29)28-23(32)19-11-27-22(30(18)19)15-3-2-4-20(15)31/h7-11,15,20,31H,2-6H2,1H3,(H,28,32)/t15-,20+/m1/s1. The van der Waals surface area contributed by atoms with Gasteiger partial charge in [0, 0.05) is 28.7 Å². The maximum absolute atomic E-state index is 13.5. The van der Waals surface area contributed by atoms with Crippen molar-refractivity contribution in [3.63, 3.8) is 0 Å². The van der Waals surface area contributed by atoms with Gasteiger partial charge in [0.2, 0.25) is 0 Å². The highest BCUT2D eigenvalue weighted by molar-refractivity contribution is 9.10. The number of imidazole rings is 1. The molecule has 8 nitrogen and oxygen atoms in total. The van der Waals surface area contributed by atoms with E-state index in [1.54, 1.807) is 23.4 Å². The maximum atomic E-state index is 13.5. The summed E-state index contributed by atoms with van der Waals surface area (Å²) in [6.45, 7) is 2.46. The fourth-order valence-corrected chi connectivity index (χ4v) is 5.64. The number of halogens is 1. The van der Waals surface area contributed by atoms with Crippen molar-refractivity contribution in [3.05, 3.63) is 67.9 Å². The lowest BCUT2D eigenvalue weighted by atomic mass is 10.0. The van der Waals surface area contributed by atoms with Crippen LogP contribution in [-0.4, -0.2) is 43.0 Å². The molecular formula is C24H22BrN5O3. The van der Waals surface area contributed by atoms with Crippen molar-refractivity contribution in [3.8, 4) is 0 Å². The first-order valence-corrected chi connectivity index (χ1v) is 11.9. The number of pyridine rings is 1. The number of H-pyrrole nitrogens is 1. The Labute approximate surface area is 197 Å². The Morgan fingerprint density at radius 3 is 2.82 bits per heavy atom. The van der Waals surface area contributed by atoms with E-state index in [-0.39, 0.29) is 17.4 Å². The predicted octanol–water partition coefficient (Wildman–Crippen LogP) is 3.47. The van der Waals surface area contributed by atoms with Gasteiger partial charge >= 0.3 is 0 Å². The minimum atomic E-state index is -0.463. The predicted molar refractivity (Wildman–Crippen MR) is 128 cm³/mol. The number of fused-ring (bicyclic) bond motifs is 4. The number of carbonyl (C=O) groups excluding carboxylic acids is 1. The Kier molecular flexibility index (Phi) is 4.67. The lowest BCUT2D eigenvalue weighted by Crippen LogP contribution is -2.30. The average molecular weight is 508 g/mol. The molecule has 2 atom stereocenters. The molecule has 0 radical (unpaired) electrons. The van der Waals surface area contributed by atoms with Crippen LogP contribution in [0, 0.1) is 6.92 Å². The van der Waals surface area contributed by atoms with Crippen molar-refractivity contribution in [1.29, 1.82) is 0 Å². The van der Waals surface area contributed by atoms with Crippen molar-refractivity contribution >= 4 is 44.2 Å². The number of anilines is 1. The van der Waals surface area contributed by atoms with Crippen LogP contribution in [0.2, 0.25) is 0 Å². The minimum Gasteiger partial charge on any atom is -0.392 e. The molecule has 1 amide bonds. The minimum absolute atomic E-state index is 0.106. The number of benzene rings is 1. The van der Waals surface area contributed by atoms with Gasteiger partial charge in [-0.25, -0.2) is 9.97 Å². The summed E-state index contributed by atoms with van der Waals surface area (Å²) in [6.07, 6.45) is 6.06. The first-order chi connectivity index (χ1) is 15.9. The number of nitrogens with zero attached hydrogens (tertiary/aromatic N) is 4. The van der Waals surface area contributed by atoms with Crippen LogP contribution in [0.4, 0.5) is 5.82 Å². The van der Waals surface area contributed by atoms with Gasteiger partial charge in [-0.1, -0.05) is 6.42 Å². The Bertz CT molecular complexity index is 1510. The molecule has 1 aromatic carbocycles. The van der Waals surface area contributed by atoms with E-state index in [1.807, 2.05) is 23.5 Å². The largest absolute Gasteiger partial charge is 0.392 e. The van der Waals surface area contributed by atoms with E-state index in [2.05, 4.69) is 30.9 Å². The van der Waals surface area contributed by atoms with Gasteiger partial charge < -0.3 is 10.1 Å². The van der Waals surface area contributed by atoms with Gasteiger partial charge in [-0.15, -0.1) is 0 Å². The molecule has 1 aliphatic carbocycles. The first-order valence-electron chi connectivity index (χ1n) is 11.1. The summed E-state index contributed by atoms with van der Waals surface area (Å²) in [7, 11) is 0. The number of aromatic nitrogens is 4. The molecule has 33 heavy (non-hydrogen) atoms. The molecule has 1 saturated carbocycles. The summed E-state index contributed by atoms with van der Waals surface area (Å²) in [5.74, 6) is 1.14. The van der Waals surface area contributed by atoms with Crippen molar-refractivity contribution in [2.45, 2.75) is 44.6 Å². The number of carbonyl (C=O) groups is 1. The zero-order valence-corrected chi connectivity index (χ0v) is 19.6. The fraction of sp³-hybridized carbons (Fsp3) is 0.333. The Morgan fingerprint density at radius 2 is 2.03 bits per heavy atom. The molecule has 2 N–H and O–H groups in total. The van der Waals surface area contributed by atoms with Gasteiger partial charge in [0.05, 0.1) is 23.3 Å². The highest BCUT2D eigenvalue weighted by Gasteiger charge is 2.32. The third-order valence-electron chi connectivity index (χ3n) is 6.91. The van der Waals surface area contributed by atoms with Gasteiger partial charge in [0.15, 0.2) is 0 Å². The van der Waals surface area contributed by atoms with Crippen LogP contribution < -0.4 is 10.5 Å². The van der Waals surface area contributed by atoms with Crippen LogP contribution in [0.15, 0.2) is 39.9 Å².